The zero-order valence-corrected chi connectivity index (χ0v) is 15.1. The van der Waals surface area contributed by atoms with E-state index in [1.165, 1.54) is 24.8 Å². The Morgan fingerprint density at radius 1 is 1.32 bits per heavy atom. The van der Waals surface area contributed by atoms with Crippen LogP contribution >= 0.6 is 12.2 Å². The number of anilines is 1. The molecule has 3 nitrogen and oxygen atoms in total. The summed E-state index contributed by atoms with van der Waals surface area (Å²) in [4.78, 5) is 4.84. The van der Waals surface area contributed by atoms with Crippen molar-refractivity contribution in [2.45, 2.75) is 52.1 Å². The SMILES string of the molecule is CC[C@@H](C)N(C)C1CCN(C(=S)Nc2ccc(C)cc2)CC1. The van der Waals surface area contributed by atoms with E-state index in [2.05, 4.69) is 67.2 Å². The topological polar surface area (TPSA) is 18.5 Å². The van der Waals surface area contributed by atoms with Crippen LogP contribution in [-0.4, -0.2) is 47.1 Å². The third-order valence-corrected chi connectivity index (χ3v) is 5.28. The lowest BCUT2D eigenvalue weighted by molar-refractivity contribution is 0.126. The van der Waals surface area contributed by atoms with Crippen LogP contribution in [0, 0.1) is 6.92 Å². The van der Waals surface area contributed by atoms with Crippen LogP contribution in [0.3, 0.4) is 0 Å². The minimum Gasteiger partial charge on any atom is -0.349 e. The highest BCUT2D eigenvalue weighted by Gasteiger charge is 2.25. The van der Waals surface area contributed by atoms with Gasteiger partial charge in [-0.15, -0.1) is 0 Å². The minimum absolute atomic E-state index is 0.661. The lowest BCUT2D eigenvalue weighted by Gasteiger charge is -2.40. The molecule has 0 spiro atoms. The Labute approximate surface area is 140 Å². The molecule has 1 aliphatic heterocycles. The van der Waals surface area contributed by atoms with Crippen molar-refractivity contribution in [2.75, 3.05) is 25.5 Å². The van der Waals surface area contributed by atoms with E-state index in [0.717, 1.165) is 23.9 Å². The number of piperidine rings is 1. The minimum atomic E-state index is 0.661. The predicted molar refractivity (Wildman–Crippen MR) is 99.5 cm³/mol. The van der Waals surface area contributed by atoms with Crippen LogP contribution < -0.4 is 5.32 Å². The highest BCUT2D eigenvalue weighted by Crippen LogP contribution is 2.19. The molecule has 1 fully saturated rings. The van der Waals surface area contributed by atoms with E-state index < -0.39 is 0 Å². The van der Waals surface area contributed by atoms with E-state index in [1.807, 2.05) is 0 Å². The van der Waals surface area contributed by atoms with E-state index in [4.69, 9.17) is 12.2 Å². The summed E-state index contributed by atoms with van der Waals surface area (Å²) in [6.45, 7) is 8.76. The first-order chi connectivity index (χ1) is 10.5. The van der Waals surface area contributed by atoms with Crippen LogP contribution in [-0.2, 0) is 0 Å². The third kappa shape index (κ3) is 4.43. The molecule has 2 rings (SSSR count). The van der Waals surface area contributed by atoms with Crippen LogP contribution in [0.4, 0.5) is 5.69 Å². The van der Waals surface area contributed by atoms with Crippen molar-refractivity contribution in [1.82, 2.24) is 9.80 Å². The van der Waals surface area contributed by atoms with E-state index in [0.29, 0.717) is 12.1 Å². The van der Waals surface area contributed by atoms with Gasteiger partial charge in [-0.3, -0.25) is 0 Å². The van der Waals surface area contributed by atoms with Gasteiger partial charge in [0.1, 0.15) is 0 Å². The zero-order valence-electron chi connectivity index (χ0n) is 14.3. The van der Waals surface area contributed by atoms with Crippen molar-refractivity contribution in [3.8, 4) is 0 Å². The number of rotatable bonds is 4. The summed E-state index contributed by atoms with van der Waals surface area (Å²) in [7, 11) is 2.26. The highest BCUT2D eigenvalue weighted by molar-refractivity contribution is 7.80. The standard InChI is InChI=1S/C18H29N3S/c1-5-15(3)20(4)17-10-12-21(13-11-17)18(22)19-16-8-6-14(2)7-9-16/h6-9,15,17H,5,10-13H2,1-4H3,(H,19,22)/t15-/m1/s1. The van der Waals surface area contributed by atoms with Gasteiger partial charge >= 0.3 is 0 Å². The molecule has 1 aromatic rings. The first kappa shape index (κ1) is 17.2. The summed E-state index contributed by atoms with van der Waals surface area (Å²) in [6.07, 6.45) is 3.59. The number of benzene rings is 1. The molecule has 0 radical (unpaired) electrons. The van der Waals surface area contributed by atoms with E-state index >= 15 is 0 Å². The van der Waals surface area contributed by atoms with Crippen LogP contribution in [0.25, 0.3) is 0 Å². The van der Waals surface area contributed by atoms with Gasteiger partial charge < -0.3 is 15.1 Å². The summed E-state index contributed by atoms with van der Waals surface area (Å²) < 4.78 is 0. The van der Waals surface area contributed by atoms with Crippen molar-refractivity contribution >= 4 is 23.0 Å². The fourth-order valence-electron chi connectivity index (χ4n) is 2.96. The van der Waals surface area contributed by atoms with Gasteiger partial charge in [0.2, 0.25) is 0 Å². The highest BCUT2D eigenvalue weighted by atomic mass is 32.1. The van der Waals surface area contributed by atoms with E-state index in [1.54, 1.807) is 0 Å². The molecule has 0 bridgehead atoms. The second kappa shape index (κ2) is 7.93. The first-order valence-electron chi connectivity index (χ1n) is 8.35. The van der Waals surface area contributed by atoms with Gasteiger partial charge in [-0.1, -0.05) is 24.6 Å². The molecular weight excluding hydrogens is 290 g/mol. The summed E-state index contributed by atoms with van der Waals surface area (Å²) in [5.74, 6) is 0. The number of nitrogens with one attached hydrogen (secondary N) is 1. The van der Waals surface area contributed by atoms with Gasteiger partial charge in [0.15, 0.2) is 5.11 Å². The van der Waals surface area contributed by atoms with Crippen molar-refractivity contribution in [2.24, 2.45) is 0 Å². The molecule has 0 amide bonds. The van der Waals surface area contributed by atoms with Crippen molar-refractivity contribution in [3.05, 3.63) is 29.8 Å². The Morgan fingerprint density at radius 3 is 2.45 bits per heavy atom. The molecule has 0 aromatic heterocycles. The van der Waals surface area contributed by atoms with Gasteiger partial charge in [0, 0.05) is 30.9 Å². The number of aryl methyl sites for hydroxylation is 1. The molecule has 122 valence electrons. The number of hydrogen-bond acceptors (Lipinski definition) is 2. The lowest BCUT2D eigenvalue weighted by atomic mass is 10.0. The maximum atomic E-state index is 5.57. The molecule has 1 aromatic carbocycles. The fraction of sp³-hybridized carbons (Fsp3) is 0.611. The molecule has 1 atom stereocenters. The predicted octanol–water partition coefficient (Wildman–Crippen LogP) is 3.89. The van der Waals surface area contributed by atoms with Gasteiger partial charge in [0.05, 0.1) is 0 Å². The van der Waals surface area contributed by atoms with Crippen molar-refractivity contribution < 1.29 is 0 Å². The third-order valence-electron chi connectivity index (χ3n) is 4.92. The summed E-state index contributed by atoms with van der Waals surface area (Å²) in [5, 5.41) is 4.22. The molecule has 0 aliphatic carbocycles. The van der Waals surface area contributed by atoms with Gasteiger partial charge in [-0.25, -0.2) is 0 Å². The van der Waals surface area contributed by atoms with Crippen molar-refractivity contribution in [1.29, 1.82) is 0 Å². The molecule has 22 heavy (non-hydrogen) atoms. The second-order valence-corrected chi connectivity index (χ2v) is 6.82. The number of nitrogens with zero attached hydrogens (tertiary/aromatic N) is 2. The summed E-state index contributed by atoms with van der Waals surface area (Å²) in [6, 6.07) is 9.75. The van der Waals surface area contributed by atoms with E-state index in [-0.39, 0.29) is 0 Å². The lowest BCUT2D eigenvalue weighted by Crippen LogP contribution is -2.48. The Morgan fingerprint density at radius 2 is 1.91 bits per heavy atom. The van der Waals surface area contributed by atoms with Crippen molar-refractivity contribution in [3.63, 3.8) is 0 Å². The van der Waals surface area contributed by atoms with Gasteiger partial charge in [-0.05, 0) is 64.5 Å². The van der Waals surface area contributed by atoms with Gasteiger partial charge in [0.25, 0.3) is 0 Å². The molecule has 0 unspecified atom stereocenters. The molecule has 1 N–H and O–H groups in total. The monoisotopic (exact) mass is 319 g/mol. The Balaban J connectivity index is 1.83. The van der Waals surface area contributed by atoms with Crippen LogP contribution in [0.1, 0.15) is 38.7 Å². The Bertz CT molecular complexity index is 478. The quantitative estimate of drug-likeness (QED) is 0.848. The smallest absolute Gasteiger partial charge is 0.173 e. The Hall–Kier alpha value is -1.13. The van der Waals surface area contributed by atoms with Crippen LogP contribution in [0.15, 0.2) is 24.3 Å². The summed E-state index contributed by atoms with van der Waals surface area (Å²) >= 11 is 5.57. The molecule has 4 heteroatoms. The largest absolute Gasteiger partial charge is 0.349 e. The number of likely N-dealkylation sites (tertiary alicyclic amines) is 1. The van der Waals surface area contributed by atoms with E-state index in [9.17, 15) is 0 Å². The second-order valence-electron chi connectivity index (χ2n) is 6.44. The average Bonchev–Trinajstić information content (AvgIpc) is 2.55. The molecule has 1 saturated heterocycles. The average molecular weight is 320 g/mol. The van der Waals surface area contributed by atoms with Crippen LogP contribution in [0.2, 0.25) is 0 Å². The molecule has 1 aliphatic rings. The zero-order chi connectivity index (χ0) is 16.1. The molecular formula is C18H29N3S. The number of hydrogen-bond donors (Lipinski definition) is 1. The summed E-state index contributed by atoms with van der Waals surface area (Å²) in [5.41, 5.74) is 2.35. The normalized spacial score (nSPS) is 17.6. The molecule has 1 heterocycles. The van der Waals surface area contributed by atoms with Gasteiger partial charge in [-0.2, -0.15) is 0 Å². The first-order valence-corrected chi connectivity index (χ1v) is 8.76. The molecule has 0 saturated carbocycles. The maximum absolute atomic E-state index is 5.57. The fourth-order valence-corrected chi connectivity index (χ4v) is 3.26. The number of thiocarbonyl (C=S) groups is 1. The van der Waals surface area contributed by atoms with Crippen LogP contribution in [0.5, 0.6) is 0 Å². The Kier molecular flexibility index (Phi) is 6.21. The maximum Gasteiger partial charge on any atom is 0.173 e.